The Bertz CT molecular complexity index is 1990. The van der Waals surface area contributed by atoms with Gasteiger partial charge in [-0.2, -0.15) is 0 Å². The molecule has 0 bridgehead atoms. The van der Waals surface area contributed by atoms with E-state index in [-0.39, 0.29) is 27.4 Å². The van der Waals surface area contributed by atoms with Crippen molar-refractivity contribution in [2.45, 2.75) is 29.0 Å². The van der Waals surface area contributed by atoms with Crippen LogP contribution in [-0.2, 0) is 16.1 Å². The van der Waals surface area contributed by atoms with Gasteiger partial charge in [-0.3, -0.25) is 19.3 Å². The van der Waals surface area contributed by atoms with Crippen molar-refractivity contribution in [2.24, 2.45) is 0 Å². The Kier molecular flexibility index (Phi) is 6.62. The average molecular weight is 636 g/mol. The molecule has 2 aromatic heterocycles. The number of nitrogens with zero attached hydrogens (tertiary/aromatic N) is 4. The lowest BCUT2D eigenvalue weighted by molar-refractivity contribution is -0.121. The van der Waals surface area contributed by atoms with E-state index < -0.39 is 22.8 Å². The predicted molar refractivity (Wildman–Crippen MR) is 165 cm³/mol. The molecule has 8 nitrogen and oxygen atoms in total. The first-order valence-corrected chi connectivity index (χ1v) is 15.6. The maximum atomic E-state index is 14.6. The second kappa shape index (κ2) is 10.2. The second-order valence-electron chi connectivity index (χ2n) is 9.87. The van der Waals surface area contributed by atoms with Crippen LogP contribution in [0.15, 0.2) is 80.3 Å². The van der Waals surface area contributed by atoms with Crippen LogP contribution in [0.1, 0.15) is 40.6 Å². The summed E-state index contributed by atoms with van der Waals surface area (Å²) in [6.07, 6.45) is 0.669. The minimum Gasteiger partial charge on any atom is -0.450 e. The highest BCUT2D eigenvalue weighted by Crippen LogP contribution is 2.54. The first kappa shape index (κ1) is 27.2. The smallest absolute Gasteiger partial charge is 0.297 e. The molecule has 4 heterocycles. The highest BCUT2D eigenvalue weighted by molar-refractivity contribution is 8.00. The summed E-state index contributed by atoms with van der Waals surface area (Å²) in [6, 6.07) is 19.3. The Morgan fingerprint density at radius 3 is 2.60 bits per heavy atom. The van der Waals surface area contributed by atoms with Crippen molar-refractivity contribution >= 4 is 79.9 Å². The molecule has 1 unspecified atom stereocenters. The van der Waals surface area contributed by atoms with E-state index in [9.17, 15) is 14.4 Å². The summed E-state index contributed by atoms with van der Waals surface area (Å²) in [5.41, 5.74) is -0.0155. The molecule has 5 aromatic rings. The van der Waals surface area contributed by atoms with Crippen LogP contribution in [0.25, 0.3) is 11.0 Å². The van der Waals surface area contributed by atoms with Crippen molar-refractivity contribution in [2.75, 3.05) is 16.3 Å². The van der Waals surface area contributed by atoms with Gasteiger partial charge in [-0.1, -0.05) is 83.6 Å². The fraction of sp³-hybridized carbons (Fsp3) is 0.167. The standard InChI is InChI=1S/C30H20Cl2N4O4S2/c1-2-12-35-21-9-4-3-8-20(21)30(27(35)39)23-24(37)19-14-18(32)10-11-22(19)40-25(23)26(38)36(30)28-33-34-29(42-28)41-15-16-6-5-7-17(31)13-16/h3-11,13-14H,2,12,15H2,1H3. The number of fused-ring (bicyclic) bond motifs is 5. The molecule has 0 radical (unpaired) electrons. The van der Waals surface area contributed by atoms with E-state index >= 15 is 0 Å². The zero-order valence-electron chi connectivity index (χ0n) is 22.0. The lowest BCUT2D eigenvalue weighted by Gasteiger charge is -2.32. The molecular weight excluding hydrogens is 615 g/mol. The zero-order chi connectivity index (χ0) is 29.2. The fourth-order valence-electron chi connectivity index (χ4n) is 5.70. The zero-order valence-corrected chi connectivity index (χ0v) is 25.1. The first-order valence-electron chi connectivity index (χ1n) is 13.1. The van der Waals surface area contributed by atoms with Crippen molar-refractivity contribution in [1.82, 2.24) is 10.2 Å². The number of benzene rings is 3. The van der Waals surface area contributed by atoms with Crippen LogP contribution in [0.4, 0.5) is 10.8 Å². The third-order valence-electron chi connectivity index (χ3n) is 7.37. The summed E-state index contributed by atoms with van der Waals surface area (Å²) in [5, 5.41) is 10.0. The lowest BCUT2D eigenvalue weighted by atomic mass is 9.84. The van der Waals surface area contributed by atoms with Gasteiger partial charge >= 0.3 is 0 Å². The van der Waals surface area contributed by atoms with Crippen molar-refractivity contribution in [3.63, 3.8) is 0 Å². The average Bonchev–Trinajstić information content (AvgIpc) is 3.62. The number of carbonyl (C=O) groups excluding carboxylic acids is 2. The number of halogens is 2. The van der Waals surface area contributed by atoms with Crippen LogP contribution in [0.3, 0.4) is 0 Å². The van der Waals surface area contributed by atoms with Gasteiger partial charge in [0.25, 0.3) is 11.8 Å². The number of amides is 2. The summed E-state index contributed by atoms with van der Waals surface area (Å²) >= 11 is 15.0. The quantitative estimate of drug-likeness (QED) is 0.148. The number of carbonyl (C=O) groups is 2. The normalized spacial score (nSPS) is 17.5. The topological polar surface area (TPSA) is 96.6 Å². The van der Waals surface area contributed by atoms with E-state index in [4.69, 9.17) is 27.6 Å². The van der Waals surface area contributed by atoms with Gasteiger partial charge in [0.15, 0.2) is 15.3 Å². The Balaban J connectivity index is 1.43. The number of hydrogen-bond acceptors (Lipinski definition) is 8. The Morgan fingerprint density at radius 1 is 0.976 bits per heavy atom. The highest BCUT2D eigenvalue weighted by atomic mass is 35.5. The predicted octanol–water partition coefficient (Wildman–Crippen LogP) is 6.90. The molecule has 0 saturated carbocycles. The van der Waals surface area contributed by atoms with Crippen LogP contribution in [-0.4, -0.2) is 28.6 Å². The number of hydrogen-bond donors (Lipinski definition) is 0. The molecule has 2 amide bonds. The molecular formula is C30H20Cl2N4O4S2. The summed E-state index contributed by atoms with van der Waals surface area (Å²) in [5.74, 6) is -0.676. The van der Waals surface area contributed by atoms with Crippen LogP contribution < -0.4 is 15.2 Å². The number of rotatable bonds is 6. The summed E-state index contributed by atoms with van der Waals surface area (Å²) in [6.45, 7) is 2.36. The number of thioether (sulfide) groups is 1. The number of para-hydroxylation sites is 1. The van der Waals surface area contributed by atoms with Gasteiger partial charge in [0.2, 0.25) is 10.9 Å². The Labute approximate surface area is 257 Å². The van der Waals surface area contributed by atoms with Crippen LogP contribution >= 0.6 is 46.3 Å². The number of aromatic nitrogens is 2. The minimum atomic E-state index is -1.82. The summed E-state index contributed by atoms with van der Waals surface area (Å²) < 4.78 is 6.68. The molecule has 210 valence electrons. The van der Waals surface area contributed by atoms with Crippen LogP contribution in [0.2, 0.25) is 10.0 Å². The van der Waals surface area contributed by atoms with Gasteiger partial charge in [-0.15, -0.1) is 10.2 Å². The van der Waals surface area contributed by atoms with E-state index in [2.05, 4.69) is 10.2 Å². The third-order valence-corrected chi connectivity index (χ3v) is 9.95. The molecule has 42 heavy (non-hydrogen) atoms. The SMILES string of the molecule is CCCN1C(=O)C2(c3ccccc31)c1c(oc3ccc(Cl)cc3c1=O)C(=O)N2c1nnc(SCc2cccc(Cl)c2)s1. The molecule has 0 N–H and O–H groups in total. The number of anilines is 2. The minimum absolute atomic E-state index is 0.0401. The monoisotopic (exact) mass is 634 g/mol. The lowest BCUT2D eigenvalue weighted by Crippen LogP contribution is -2.53. The molecule has 3 aromatic carbocycles. The van der Waals surface area contributed by atoms with Gasteiger partial charge in [0.1, 0.15) is 5.58 Å². The first-order chi connectivity index (χ1) is 20.3. The maximum absolute atomic E-state index is 14.6. The van der Waals surface area contributed by atoms with Crippen molar-refractivity contribution in [3.8, 4) is 0 Å². The summed E-state index contributed by atoms with van der Waals surface area (Å²) in [7, 11) is 0. The molecule has 2 aliphatic heterocycles. The highest BCUT2D eigenvalue weighted by Gasteiger charge is 2.66. The largest absolute Gasteiger partial charge is 0.450 e. The van der Waals surface area contributed by atoms with Crippen LogP contribution in [0.5, 0.6) is 0 Å². The molecule has 2 aliphatic rings. The Hall–Kier alpha value is -3.70. The second-order valence-corrected chi connectivity index (χ2v) is 12.9. The van der Waals surface area contributed by atoms with Crippen molar-refractivity contribution in [3.05, 3.63) is 109 Å². The van der Waals surface area contributed by atoms with E-state index in [1.165, 1.54) is 34.1 Å². The van der Waals surface area contributed by atoms with Crippen LogP contribution in [0, 0.1) is 0 Å². The molecule has 1 spiro atoms. The summed E-state index contributed by atoms with van der Waals surface area (Å²) in [4.78, 5) is 46.1. The fourth-order valence-corrected chi connectivity index (χ4v) is 7.92. The van der Waals surface area contributed by atoms with Crippen molar-refractivity contribution < 1.29 is 14.0 Å². The van der Waals surface area contributed by atoms with Crippen molar-refractivity contribution in [1.29, 1.82) is 0 Å². The molecule has 0 aliphatic carbocycles. The van der Waals surface area contributed by atoms with Gasteiger partial charge in [0.05, 0.1) is 16.6 Å². The molecule has 12 heteroatoms. The Morgan fingerprint density at radius 2 is 1.79 bits per heavy atom. The maximum Gasteiger partial charge on any atom is 0.297 e. The van der Waals surface area contributed by atoms with Gasteiger partial charge in [-0.25, -0.2) is 0 Å². The van der Waals surface area contributed by atoms with E-state index in [0.29, 0.717) is 44.4 Å². The van der Waals surface area contributed by atoms with E-state index in [0.717, 1.165) is 5.56 Å². The van der Waals surface area contributed by atoms with Gasteiger partial charge < -0.3 is 9.32 Å². The van der Waals surface area contributed by atoms with Gasteiger partial charge in [0, 0.05) is 27.9 Å². The van der Waals surface area contributed by atoms with E-state index in [1.54, 1.807) is 35.2 Å². The van der Waals surface area contributed by atoms with Gasteiger partial charge in [-0.05, 0) is 48.4 Å². The van der Waals surface area contributed by atoms with E-state index in [1.807, 2.05) is 37.3 Å². The third kappa shape index (κ3) is 3.93. The molecule has 0 saturated heterocycles. The molecule has 7 rings (SSSR count). The molecule has 1 atom stereocenters. The molecule has 0 fully saturated rings.